The van der Waals surface area contributed by atoms with E-state index in [0.29, 0.717) is 18.0 Å². The highest BCUT2D eigenvalue weighted by Crippen LogP contribution is 2.51. The van der Waals surface area contributed by atoms with Crippen LogP contribution in [0.2, 0.25) is 0 Å². The van der Waals surface area contributed by atoms with Gasteiger partial charge in [0.05, 0.1) is 17.1 Å². The Morgan fingerprint density at radius 2 is 1.57 bits per heavy atom. The van der Waals surface area contributed by atoms with Crippen molar-refractivity contribution in [3.8, 4) is 0 Å². The van der Waals surface area contributed by atoms with Crippen LogP contribution in [0.4, 0.5) is 11.4 Å². The number of hydrazine groups is 1. The Morgan fingerprint density at radius 1 is 0.943 bits per heavy atom. The van der Waals surface area contributed by atoms with Gasteiger partial charge >= 0.3 is 0 Å². The van der Waals surface area contributed by atoms with Gasteiger partial charge in [-0.2, -0.15) is 0 Å². The first kappa shape index (κ1) is 23.6. The van der Waals surface area contributed by atoms with E-state index in [9.17, 15) is 4.79 Å². The van der Waals surface area contributed by atoms with Gasteiger partial charge < -0.3 is 0 Å². The molecule has 35 heavy (non-hydrogen) atoms. The number of thiocarbonyl (C=S) groups is 1. The van der Waals surface area contributed by atoms with Crippen LogP contribution in [0.5, 0.6) is 0 Å². The molecule has 5 rings (SSSR count). The van der Waals surface area contributed by atoms with E-state index in [1.54, 1.807) is 0 Å². The first-order valence-electron chi connectivity index (χ1n) is 11.5. The average molecular weight is 546 g/mol. The number of carbonyl (C=O) groups excluding carboxylic acids is 1. The molecule has 0 fully saturated rings. The fourth-order valence-corrected chi connectivity index (χ4v) is 5.32. The van der Waals surface area contributed by atoms with E-state index in [0.717, 1.165) is 32.7 Å². The molecule has 1 aliphatic heterocycles. The second-order valence-electron chi connectivity index (χ2n) is 9.57. The number of para-hydroxylation sites is 1. The van der Waals surface area contributed by atoms with E-state index in [4.69, 9.17) is 12.2 Å². The van der Waals surface area contributed by atoms with E-state index in [2.05, 4.69) is 57.1 Å². The summed E-state index contributed by atoms with van der Waals surface area (Å²) in [5, 5.41) is 13.2. The number of azo groups is 1. The lowest BCUT2D eigenvalue weighted by Crippen LogP contribution is -2.42. The molecule has 3 aromatic carbocycles. The summed E-state index contributed by atoms with van der Waals surface area (Å²) in [5.41, 5.74) is 4.17. The number of nitrogens with zero attached hydrogens (tertiary/aromatic N) is 4. The lowest BCUT2D eigenvalue weighted by atomic mass is 9.74. The van der Waals surface area contributed by atoms with Crippen LogP contribution in [0, 0.1) is 5.41 Å². The van der Waals surface area contributed by atoms with Gasteiger partial charge in [0.1, 0.15) is 6.04 Å². The molecule has 5 nitrogen and oxygen atoms in total. The van der Waals surface area contributed by atoms with Crippen LogP contribution in [0.1, 0.15) is 38.3 Å². The molecule has 2 aliphatic rings. The predicted octanol–water partition coefficient (Wildman–Crippen LogP) is 7.94. The van der Waals surface area contributed by atoms with Crippen LogP contribution in [-0.2, 0) is 4.79 Å². The third kappa shape index (κ3) is 4.70. The Bertz CT molecular complexity index is 1320. The van der Waals surface area contributed by atoms with E-state index in [1.165, 1.54) is 0 Å². The molecular weight excluding hydrogens is 520 g/mol. The largest absolute Gasteiger partial charge is 0.294 e. The molecule has 0 bridgehead atoms. The minimum Gasteiger partial charge on any atom is -0.294 e. The number of benzene rings is 3. The van der Waals surface area contributed by atoms with Crippen molar-refractivity contribution >= 4 is 50.4 Å². The number of ketones is 1. The van der Waals surface area contributed by atoms with Crippen molar-refractivity contribution in [1.29, 1.82) is 0 Å². The molecule has 1 aliphatic carbocycles. The zero-order valence-corrected chi connectivity index (χ0v) is 22.0. The third-order valence-electron chi connectivity index (χ3n) is 6.28. The second kappa shape index (κ2) is 9.47. The molecule has 0 N–H and O–H groups in total. The standard InChI is InChI=1S/C28H25BrN4OS/c1-28(2)17-23-25(24(34)18-28)26(19-13-15-20(29)16-14-19)32(22-11-7-4-8-12-22)33(23)27(35)31-30-21-9-5-3-6-10-21/h3-16,26H,17-18H2,1-2H3. The van der Waals surface area contributed by atoms with Crippen LogP contribution in [-0.4, -0.2) is 15.9 Å². The molecule has 0 saturated heterocycles. The number of Topliss-reactive ketones (excluding diaryl/α,β-unsaturated/α-hetero) is 1. The van der Waals surface area contributed by atoms with Gasteiger partial charge in [0.2, 0.25) is 5.11 Å². The Labute approximate surface area is 219 Å². The molecule has 1 heterocycles. The number of allylic oxidation sites excluding steroid dienone is 1. The lowest BCUT2D eigenvalue weighted by Gasteiger charge is -2.37. The Morgan fingerprint density at radius 3 is 2.23 bits per heavy atom. The highest BCUT2D eigenvalue weighted by atomic mass is 79.9. The Hall–Kier alpha value is -3.16. The van der Waals surface area contributed by atoms with Crippen molar-refractivity contribution in [2.75, 3.05) is 5.01 Å². The number of anilines is 1. The minimum absolute atomic E-state index is 0.149. The van der Waals surface area contributed by atoms with Crippen LogP contribution in [0.3, 0.4) is 0 Å². The highest BCUT2D eigenvalue weighted by molar-refractivity contribution is 9.10. The summed E-state index contributed by atoms with van der Waals surface area (Å²) in [6, 6.07) is 27.4. The summed E-state index contributed by atoms with van der Waals surface area (Å²) in [6.45, 7) is 4.25. The molecule has 176 valence electrons. The quantitative estimate of drug-likeness (QED) is 0.248. The molecular formula is C28H25BrN4OS. The highest BCUT2D eigenvalue weighted by Gasteiger charge is 2.49. The maximum atomic E-state index is 13.6. The summed E-state index contributed by atoms with van der Waals surface area (Å²) in [6.07, 6.45) is 1.21. The van der Waals surface area contributed by atoms with Gasteiger partial charge in [-0.25, -0.2) is 5.01 Å². The molecule has 0 saturated carbocycles. The molecule has 3 aromatic rings. The van der Waals surface area contributed by atoms with Crippen molar-refractivity contribution in [3.63, 3.8) is 0 Å². The van der Waals surface area contributed by atoms with E-state index in [-0.39, 0.29) is 17.2 Å². The van der Waals surface area contributed by atoms with Gasteiger partial charge in [-0.1, -0.05) is 78.3 Å². The molecule has 1 atom stereocenters. The zero-order chi connectivity index (χ0) is 24.6. The van der Waals surface area contributed by atoms with Gasteiger partial charge in [0.15, 0.2) is 5.78 Å². The first-order chi connectivity index (χ1) is 16.8. The lowest BCUT2D eigenvalue weighted by molar-refractivity contribution is -0.118. The van der Waals surface area contributed by atoms with Crippen molar-refractivity contribution in [2.24, 2.45) is 15.6 Å². The van der Waals surface area contributed by atoms with Crippen LogP contribution in [0.25, 0.3) is 0 Å². The van der Waals surface area contributed by atoms with Crippen LogP contribution >= 0.6 is 28.1 Å². The number of hydrogen-bond donors (Lipinski definition) is 0. The number of carbonyl (C=O) groups is 1. The van der Waals surface area contributed by atoms with Crippen molar-refractivity contribution in [1.82, 2.24) is 5.01 Å². The van der Waals surface area contributed by atoms with Gasteiger partial charge in [0.25, 0.3) is 0 Å². The maximum absolute atomic E-state index is 13.6. The molecule has 0 aromatic heterocycles. The van der Waals surface area contributed by atoms with E-state index >= 15 is 0 Å². The number of rotatable bonds is 3. The number of halogens is 1. The first-order valence-corrected chi connectivity index (χ1v) is 12.7. The summed E-state index contributed by atoms with van der Waals surface area (Å²) in [4.78, 5) is 13.6. The molecule has 0 radical (unpaired) electrons. The fourth-order valence-electron chi connectivity index (χ4n) is 4.81. The van der Waals surface area contributed by atoms with E-state index < -0.39 is 0 Å². The minimum atomic E-state index is -0.311. The van der Waals surface area contributed by atoms with E-state index in [1.807, 2.05) is 77.8 Å². The normalized spacial score (nSPS) is 19.4. The average Bonchev–Trinajstić information content (AvgIpc) is 3.18. The Balaban J connectivity index is 1.67. The summed E-state index contributed by atoms with van der Waals surface area (Å²) in [7, 11) is 0. The van der Waals surface area contributed by atoms with Gasteiger partial charge in [-0.3, -0.25) is 9.80 Å². The summed E-state index contributed by atoms with van der Waals surface area (Å²) >= 11 is 9.40. The molecule has 1 unspecified atom stereocenters. The monoisotopic (exact) mass is 544 g/mol. The summed E-state index contributed by atoms with van der Waals surface area (Å²) < 4.78 is 0.986. The zero-order valence-electron chi connectivity index (χ0n) is 19.6. The topological polar surface area (TPSA) is 48.3 Å². The van der Waals surface area contributed by atoms with Gasteiger partial charge in [-0.05, 0) is 66.0 Å². The fraction of sp³-hybridized carbons (Fsp3) is 0.214. The van der Waals surface area contributed by atoms with Crippen molar-refractivity contribution < 1.29 is 4.79 Å². The second-order valence-corrected chi connectivity index (χ2v) is 10.8. The van der Waals surface area contributed by atoms with Gasteiger partial charge in [0, 0.05) is 16.5 Å². The summed E-state index contributed by atoms with van der Waals surface area (Å²) in [5.74, 6) is 0.149. The maximum Gasteiger partial charge on any atom is 0.239 e. The van der Waals surface area contributed by atoms with Crippen molar-refractivity contribution in [3.05, 3.63) is 106 Å². The van der Waals surface area contributed by atoms with Crippen LogP contribution in [0.15, 0.2) is 111 Å². The molecule has 0 amide bonds. The van der Waals surface area contributed by atoms with Crippen LogP contribution < -0.4 is 5.01 Å². The third-order valence-corrected chi connectivity index (χ3v) is 7.06. The predicted molar refractivity (Wildman–Crippen MR) is 146 cm³/mol. The molecule has 0 spiro atoms. The molecule has 7 heteroatoms. The SMILES string of the molecule is CC1(C)CC(=O)C2=C(C1)N(C(=S)N=Nc1ccccc1)N(c1ccccc1)C2c1ccc(Br)cc1. The Kier molecular flexibility index (Phi) is 6.38. The van der Waals surface area contributed by atoms with Gasteiger partial charge in [-0.15, -0.1) is 10.2 Å². The van der Waals surface area contributed by atoms with Crippen molar-refractivity contribution in [2.45, 2.75) is 32.7 Å². The number of hydrogen-bond acceptors (Lipinski definition) is 4. The smallest absolute Gasteiger partial charge is 0.239 e.